The molecule has 3 nitrogen and oxygen atoms in total. The average molecular weight is 294 g/mol. The number of nitrogens with zero attached hydrogens (tertiary/aromatic N) is 1. The highest BCUT2D eigenvalue weighted by atomic mass is 16.2. The highest BCUT2D eigenvalue weighted by molar-refractivity contribution is 6.00. The van der Waals surface area contributed by atoms with Gasteiger partial charge in [0.15, 0.2) is 0 Å². The summed E-state index contributed by atoms with van der Waals surface area (Å²) < 4.78 is 0. The van der Waals surface area contributed by atoms with Crippen LogP contribution in [0, 0.1) is 5.92 Å². The van der Waals surface area contributed by atoms with Gasteiger partial charge in [-0.15, -0.1) is 0 Å². The second kappa shape index (κ2) is 6.65. The van der Waals surface area contributed by atoms with E-state index >= 15 is 0 Å². The molecule has 1 atom stereocenters. The third kappa shape index (κ3) is 3.30. The summed E-state index contributed by atoms with van der Waals surface area (Å²) >= 11 is 0. The maximum absolute atomic E-state index is 12.8. The first kappa shape index (κ1) is 14.6. The molecule has 114 valence electrons. The number of benzene rings is 2. The molecule has 1 aliphatic rings. The fraction of sp³-hybridized carbons (Fsp3) is 0.316. The Morgan fingerprint density at radius 2 is 1.82 bits per heavy atom. The Bertz CT molecular complexity index is 639. The van der Waals surface area contributed by atoms with E-state index < -0.39 is 0 Å². The van der Waals surface area contributed by atoms with Crippen LogP contribution in [0.25, 0.3) is 0 Å². The van der Waals surface area contributed by atoms with Crippen molar-refractivity contribution in [2.24, 2.45) is 5.92 Å². The van der Waals surface area contributed by atoms with E-state index in [9.17, 15) is 4.79 Å². The van der Waals surface area contributed by atoms with Gasteiger partial charge in [-0.2, -0.15) is 0 Å². The Labute approximate surface area is 132 Å². The largest absolute Gasteiger partial charge is 0.355 e. The van der Waals surface area contributed by atoms with Crippen molar-refractivity contribution < 1.29 is 4.79 Å². The highest BCUT2D eigenvalue weighted by Crippen LogP contribution is 2.24. The number of hydrogen-bond donors (Lipinski definition) is 1. The van der Waals surface area contributed by atoms with Gasteiger partial charge in [-0.25, -0.2) is 0 Å². The topological polar surface area (TPSA) is 32.3 Å². The number of piperidine rings is 1. The molecular weight excluding hydrogens is 272 g/mol. The van der Waals surface area contributed by atoms with Gasteiger partial charge in [0, 0.05) is 18.8 Å². The summed E-state index contributed by atoms with van der Waals surface area (Å²) in [4.78, 5) is 14.8. The summed E-state index contributed by atoms with van der Waals surface area (Å²) in [6.07, 6.45) is 2.31. The molecule has 2 aromatic carbocycles. The number of hydrogen-bond acceptors (Lipinski definition) is 2. The monoisotopic (exact) mass is 294 g/mol. The Kier molecular flexibility index (Phi) is 4.42. The van der Waals surface area contributed by atoms with Crippen LogP contribution in [-0.2, 0) is 0 Å². The quantitative estimate of drug-likeness (QED) is 0.915. The molecular formula is C19H22N2O. The first-order valence-electron chi connectivity index (χ1n) is 7.94. The van der Waals surface area contributed by atoms with Gasteiger partial charge in [0.25, 0.3) is 5.91 Å². The standard InChI is InChI=1S/C19H22N2O/c1-15-8-7-13-21(14-15)19(22)17-11-5-6-12-18(17)20-16-9-3-2-4-10-16/h2-6,9-12,15,20H,7-8,13-14H2,1H3/t15-/m0/s1. The smallest absolute Gasteiger partial charge is 0.255 e. The summed E-state index contributed by atoms with van der Waals surface area (Å²) in [5, 5.41) is 3.36. The van der Waals surface area contributed by atoms with Crippen LogP contribution < -0.4 is 5.32 Å². The van der Waals surface area contributed by atoms with Crippen LogP contribution in [0.3, 0.4) is 0 Å². The molecule has 0 unspecified atom stereocenters. The zero-order valence-electron chi connectivity index (χ0n) is 13.0. The van der Waals surface area contributed by atoms with Crippen molar-refractivity contribution in [1.82, 2.24) is 4.90 Å². The molecule has 1 aliphatic heterocycles. The molecule has 0 saturated carbocycles. The van der Waals surface area contributed by atoms with Crippen LogP contribution in [0.1, 0.15) is 30.1 Å². The van der Waals surface area contributed by atoms with Crippen molar-refractivity contribution in [3.8, 4) is 0 Å². The molecule has 3 rings (SSSR count). The minimum atomic E-state index is 0.130. The SMILES string of the molecule is C[C@H]1CCCN(C(=O)c2ccccc2Nc2ccccc2)C1. The fourth-order valence-corrected chi connectivity index (χ4v) is 3.00. The third-order valence-electron chi connectivity index (χ3n) is 4.15. The van der Waals surface area contributed by atoms with E-state index in [1.165, 1.54) is 6.42 Å². The minimum Gasteiger partial charge on any atom is -0.355 e. The lowest BCUT2D eigenvalue weighted by Gasteiger charge is -2.31. The number of rotatable bonds is 3. The van der Waals surface area contributed by atoms with Crippen molar-refractivity contribution in [2.45, 2.75) is 19.8 Å². The number of amides is 1. The molecule has 3 heteroatoms. The van der Waals surface area contributed by atoms with Gasteiger partial charge in [-0.1, -0.05) is 37.3 Å². The van der Waals surface area contributed by atoms with Crippen LogP contribution in [0.2, 0.25) is 0 Å². The van der Waals surface area contributed by atoms with Gasteiger partial charge in [0.05, 0.1) is 11.3 Å². The maximum atomic E-state index is 12.8. The van der Waals surface area contributed by atoms with E-state index in [2.05, 4.69) is 12.2 Å². The van der Waals surface area contributed by atoms with E-state index in [1.807, 2.05) is 59.5 Å². The summed E-state index contributed by atoms with van der Waals surface area (Å²) in [6, 6.07) is 17.7. The van der Waals surface area contributed by atoms with E-state index in [4.69, 9.17) is 0 Å². The molecule has 1 saturated heterocycles. The van der Waals surface area contributed by atoms with Crippen molar-refractivity contribution in [1.29, 1.82) is 0 Å². The molecule has 2 aromatic rings. The lowest BCUT2D eigenvalue weighted by Crippen LogP contribution is -2.39. The van der Waals surface area contributed by atoms with Crippen molar-refractivity contribution >= 4 is 17.3 Å². The second-order valence-electron chi connectivity index (χ2n) is 6.04. The number of nitrogens with one attached hydrogen (secondary N) is 1. The first-order valence-corrected chi connectivity index (χ1v) is 7.94. The maximum Gasteiger partial charge on any atom is 0.255 e. The van der Waals surface area contributed by atoms with E-state index in [1.54, 1.807) is 0 Å². The Morgan fingerprint density at radius 3 is 2.59 bits per heavy atom. The summed E-state index contributed by atoms with van der Waals surface area (Å²) in [5.41, 5.74) is 2.62. The molecule has 0 radical (unpaired) electrons. The predicted molar refractivity (Wildman–Crippen MR) is 90.5 cm³/mol. The predicted octanol–water partition coefficient (Wildman–Crippen LogP) is 4.30. The van der Waals surface area contributed by atoms with Gasteiger partial charge in [0.2, 0.25) is 0 Å². The lowest BCUT2D eigenvalue weighted by molar-refractivity contribution is 0.0684. The number of likely N-dealkylation sites (tertiary alicyclic amines) is 1. The number of carbonyl (C=O) groups excluding carboxylic acids is 1. The molecule has 0 aliphatic carbocycles. The molecule has 1 heterocycles. The van der Waals surface area contributed by atoms with Crippen LogP contribution >= 0.6 is 0 Å². The van der Waals surface area contributed by atoms with Crippen LogP contribution in [0.15, 0.2) is 54.6 Å². The van der Waals surface area contributed by atoms with Crippen molar-refractivity contribution in [3.63, 3.8) is 0 Å². The zero-order chi connectivity index (χ0) is 15.4. The Morgan fingerprint density at radius 1 is 1.09 bits per heavy atom. The zero-order valence-corrected chi connectivity index (χ0v) is 13.0. The van der Waals surface area contributed by atoms with Gasteiger partial charge in [-0.3, -0.25) is 4.79 Å². The van der Waals surface area contributed by atoms with Crippen LogP contribution in [0.4, 0.5) is 11.4 Å². The number of anilines is 2. The highest BCUT2D eigenvalue weighted by Gasteiger charge is 2.23. The van der Waals surface area contributed by atoms with Crippen molar-refractivity contribution in [2.75, 3.05) is 18.4 Å². The van der Waals surface area contributed by atoms with Crippen LogP contribution in [-0.4, -0.2) is 23.9 Å². The Hall–Kier alpha value is -2.29. The minimum absolute atomic E-state index is 0.130. The van der Waals surface area contributed by atoms with Gasteiger partial charge in [-0.05, 0) is 43.0 Å². The van der Waals surface area contributed by atoms with E-state index in [0.29, 0.717) is 5.92 Å². The molecule has 0 bridgehead atoms. The number of para-hydroxylation sites is 2. The fourth-order valence-electron chi connectivity index (χ4n) is 3.00. The lowest BCUT2D eigenvalue weighted by atomic mass is 9.99. The van der Waals surface area contributed by atoms with E-state index in [-0.39, 0.29) is 5.91 Å². The molecule has 0 spiro atoms. The van der Waals surface area contributed by atoms with Crippen molar-refractivity contribution in [3.05, 3.63) is 60.2 Å². The second-order valence-corrected chi connectivity index (χ2v) is 6.04. The molecule has 22 heavy (non-hydrogen) atoms. The third-order valence-corrected chi connectivity index (χ3v) is 4.15. The average Bonchev–Trinajstić information content (AvgIpc) is 2.56. The van der Waals surface area contributed by atoms with E-state index in [0.717, 1.165) is 36.4 Å². The van der Waals surface area contributed by atoms with Crippen LogP contribution in [0.5, 0.6) is 0 Å². The van der Waals surface area contributed by atoms with Gasteiger partial charge >= 0.3 is 0 Å². The summed E-state index contributed by atoms with van der Waals surface area (Å²) in [6.45, 7) is 3.94. The number of carbonyl (C=O) groups is 1. The summed E-state index contributed by atoms with van der Waals surface area (Å²) in [7, 11) is 0. The normalized spacial score (nSPS) is 18.0. The molecule has 0 aromatic heterocycles. The molecule has 1 N–H and O–H groups in total. The summed E-state index contributed by atoms with van der Waals surface area (Å²) in [5.74, 6) is 0.720. The van der Waals surface area contributed by atoms with Gasteiger partial charge < -0.3 is 10.2 Å². The Balaban J connectivity index is 1.83. The molecule has 1 amide bonds. The molecule has 1 fully saturated rings. The first-order chi connectivity index (χ1) is 10.7. The van der Waals surface area contributed by atoms with Gasteiger partial charge in [0.1, 0.15) is 0 Å².